The zero-order valence-electron chi connectivity index (χ0n) is 12.7. The molecule has 0 bridgehead atoms. The maximum Gasteiger partial charge on any atom is 0.308 e. The molecule has 0 aliphatic rings. The quantitative estimate of drug-likeness (QED) is 0.859. The highest BCUT2D eigenvalue weighted by Gasteiger charge is 2.20. The molecule has 0 aliphatic heterocycles. The van der Waals surface area contributed by atoms with E-state index in [1.165, 1.54) is 0 Å². The first-order chi connectivity index (χ1) is 10.5. The van der Waals surface area contributed by atoms with Crippen molar-refractivity contribution in [2.24, 2.45) is 11.8 Å². The van der Waals surface area contributed by atoms with Crippen LogP contribution in [0.15, 0.2) is 36.4 Å². The van der Waals surface area contributed by atoms with Gasteiger partial charge in [0, 0.05) is 11.9 Å². The Morgan fingerprint density at radius 3 is 2.59 bits per heavy atom. The monoisotopic (exact) mass is 300 g/mol. The molecule has 0 spiro atoms. The minimum atomic E-state index is -0.888. The number of nitrogens with zero attached hydrogens (tertiary/aromatic N) is 1. The van der Waals surface area contributed by atoms with Crippen molar-refractivity contribution in [2.75, 3.05) is 6.54 Å². The minimum absolute atomic E-state index is 0.112. The molecule has 5 heteroatoms. The lowest BCUT2D eigenvalue weighted by Gasteiger charge is -2.15. The molecule has 1 atom stereocenters. The molecule has 2 aromatic rings. The average Bonchev–Trinajstić information content (AvgIpc) is 2.50. The van der Waals surface area contributed by atoms with E-state index in [-0.39, 0.29) is 18.4 Å². The number of carboxylic acid groups (broad SMARTS) is 1. The molecule has 5 nitrogen and oxygen atoms in total. The third-order valence-corrected chi connectivity index (χ3v) is 3.45. The lowest BCUT2D eigenvalue weighted by atomic mass is 9.97. The largest absolute Gasteiger partial charge is 0.481 e. The smallest absolute Gasteiger partial charge is 0.308 e. The first kappa shape index (κ1) is 15.9. The summed E-state index contributed by atoms with van der Waals surface area (Å²) in [7, 11) is 0. The van der Waals surface area contributed by atoms with Crippen LogP contribution in [0.3, 0.4) is 0 Å². The minimum Gasteiger partial charge on any atom is -0.481 e. The number of hydrogen-bond donors (Lipinski definition) is 2. The topological polar surface area (TPSA) is 79.3 Å². The normalized spacial score (nSPS) is 12.3. The van der Waals surface area contributed by atoms with Crippen molar-refractivity contribution in [2.45, 2.75) is 20.3 Å². The predicted molar refractivity (Wildman–Crippen MR) is 84.7 cm³/mol. The molecule has 0 saturated carbocycles. The van der Waals surface area contributed by atoms with E-state index in [9.17, 15) is 14.7 Å². The van der Waals surface area contributed by atoms with Gasteiger partial charge < -0.3 is 10.4 Å². The van der Waals surface area contributed by atoms with E-state index >= 15 is 0 Å². The summed E-state index contributed by atoms with van der Waals surface area (Å²) in [6, 6.07) is 11.0. The zero-order chi connectivity index (χ0) is 16.1. The predicted octanol–water partition coefficient (Wildman–Crippen LogP) is 2.71. The molecule has 116 valence electrons. The van der Waals surface area contributed by atoms with Crippen molar-refractivity contribution in [3.63, 3.8) is 0 Å². The molecule has 2 N–H and O–H groups in total. The van der Waals surface area contributed by atoms with Crippen LogP contribution >= 0.6 is 0 Å². The van der Waals surface area contributed by atoms with Gasteiger partial charge in [-0.3, -0.25) is 9.59 Å². The number of nitrogens with one attached hydrogen (secondary N) is 1. The van der Waals surface area contributed by atoms with Crippen LogP contribution in [0.5, 0.6) is 0 Å². The van der Waals surface area contributed by atoms with Gasteiger partial charge in [-0.15, -0.1) is 0 Å². The Labute approximate surface area is 129 Å². The molecule has 1 amide bonds. The summed E-state index contributed by atoms with van der Waals surface area (Å²) in [6.45, 7) is 4.03. The number of carbonyl (C=O) groups excluding carboxylic acids is 1. The van der Waals surface area contributed by atoms with Gasteiger partial charge in [-0.2, -0.15) is 0 Å². The standard InChI is InChI=1S/C17H20N2O3/c1-11(2)9-13(17(21)22)10-18-16(20)15-8-7-12-5-3-4-6-14(12)19-15/h3-8,11,13H,9-10H2,1-2H3,(H,18,20)(H,21,22). The van der Waals surface area contributed by atoms with Gasteiger partial charge in [0.25, 0.3) is 5.91 Å². The van der Waals surface area contributed by atoms with E-state index in [0.29, 0.717) is 12.1 Å². The van der Waals surface area contributed by atoms with Crippen LogP contribution in [0, 0.1) is 11.8 Å². The van der Waals surface area contributed by atoms with Crippen LogP contribution in [0.25, 0.3) is 10.9 Å². The van der Waals surface area contributed by atoms with Crippen molar-refractivity contribution in [1.82, 2.24) is 10.3 Å². The average molecular weight is 300 g/mol. The summed E-state index contributed by atoms with van der Waals surface area (Å²) in [5.41, 5.74) is 1.04. The van der Waals surface area contributed by atoms with E-state index in [2.05, 4.69) is 10.3 Å². The molecule has 22 heavy (non-hydrogen) atoms. The van der Waals surface area contributed by atoms with Crippen LogP contribution in [-0.4, -0.2) is 28.5 Å². The summed E-state index contributed by atoms with van der Waals surface area (Å²) in [5.74, 6) is -1.55. The molecule has 1 aromatic carbocycles. The Bertz CT molecular complexity index is 682. The molecule has 0 radical (unpaired) electrons. The van der Waals surface area contributed by atoms with Gasteiger partial charge in [0.05, 0.1) is 11.4 Å². The molecular formula is C17H20N2O3. The lowest BCUT2D eigenvalue weighted by molar-refractivity contribution is -0.142. The fraction of sp³-hybridized carbons (Fsp3) is 0.353. The summed E-state index contributed by atoms with van der Waals surface area (Å²) < 4.78 is 0. The van der Waals surface area contributed by atoms with E-state index in [1.807, 2.05) is 44.2 Å². The number of hydrogen-bond acceptors (Lipinski definition) is 3. The number of aliphatic carboxylic acids is 1. The number of pyridine rings is 1. The molecule has 0 aliphatic carbocycles. The van der Waals surface area contributed by atoms with Gasteiger partial charge in [-0.25, -0.2) is 4.98 Å². The zero-order valence-corrected chi connectivity index (χ0v) is 12.7. The highest BCUT2D eigenvalue weighted by molar-refractivity contribution is 5.95. The first-order valence-electron chi connectivity index (χ1n) is 7.34. The fourth-order valence-electron chi connectivity index (χ4n) is 2.34. The molecule has 1 heterocycles. The maximum atomic E-state index is 12.1. The van der Waals surface area contributed by atoms with Crippen molar-refractivity contribution < 1.29 is 14.7 Å². The second-order valence-electron chi connectivity index (χ2n) is 5.76. The Balaban J connectivity index is 2.05. The van der Waals surface area contributed by atoms with Crippen molar-refractivity contribution in [3.8, 4) is 0 Å². The summed E-state index contributed by atoms with van der Waals surface area (Å²) in [6.07, 6.45) is 0.529. The van der Waals surface area contributed by atoms with E-state index < -0.39 is 11.9 Å². The van der Waals surface area contributed by atoms with Gasteiger partial charge in [0.2, 0.25) is 0 Å². The Kier molecular flexibility index (Phi) is 5.09. The number of benzene rings is 1. The molecule has 1 unspecified atom stereocenters. The summed E-state index contributed by atoms with van der Waals surface area (Å²) in [5, 5.41) is 12.8. The molecule has 0 saturated heterocycles. The highest BCUT2D eigenvalue weighted by Crippen LogP contribution is 2.13. The molecule has 1 aromatic heterocycles. The van der Waals surface area contributed by atoms with Crippen LogP contribution in [0.1, 0.15) is 30.8 Å². The van der Waals surface area contributed by atoms with E-state index in [1.54, 1.807) is 6.07 Å². The van der Waals surface area contributed by atoms with Gasteiger partial charge in [0.15, 0.2) is 0 Å². The van der Waals surface area contributed by atoms with Crippen LogP contribution in [0.2, 0.25) is 0 Å². The SMILES string of the molecule is CC(C)CC(CNC(=O)c1ccc2ccccc2n1)C(=O)O. The highest BCUT2D eigenvalue weighted by atomic mass is 16.4. The fourth-order valence-corrected chi connectivity index (χ4v) is 2.34. The first-order valence-corrected chi connectivity index (χ1v) is 7.34. The molecule has 0 fully saturated rings. The number of amides is 1. The number of carbonyl (C=O) groups is 2. The number of aromatic nitrogens is 1. The lowest BCUT2D eigenvalue weighted by Crippen LogP contribution is -2.34. The van der Waals surface area contributed by atoms with E-state index in [4.69, 9.17) is 0 Å². The van der Waals surface area contributed by atoms with Crippen molar-refractivity contribution in [1.29, 1.82) is 0 Å². The third-order valence-electron chi connectivity index (χ3n) is 3.45. The number of rotatable bonds is 6. The van der Waals surface area contributed by atoms with Crippen molar-refractivity contribution >= 4 is 22.8 Å². The number of fused-ring (bicyclic) bond motifs is 1. The van der Waals surface area contributed by atoms with Crippen LogP contribution in [-0.2, 0) is 4.79 Å². The van der Waals surface area contributed by atoms with Gasteiger partial charge in [-0.05, 0) is 24.5 Å². The Morgan fingerprint density at radius 2 is 1.91 bits per heavy atom. The van der Waals surface area contributed by atoms with Crippen LogP contribution < -0.4 is 5.32 Å². The van der Waals surface area contributed by atoms with Crippen molar-refractivity contribution in [3.05, 3.63) is 42.1 Å². The number of para-hydroxylation sites is 1. The van der Waals surface area contributed by atoms with Gasteiger partial charge in [-0.1, -0.05) is 38.1 Å². The Morgan fingerprint density at radius 1 is 1.18 bits per heavy atom. The van der Waals surface area contributed by atoms with Gasteiger partial charge in [0.1, 0.15) is 5.69 Å². The van der Waals surface area contributed by atoms with E-state index in [0.717, 1.165) is 10.9 Å². The number of carboxylic acids is 1. The Hall–Kier alpha value is -2.43. The summed E-state index contributed by atoms with van der Waals surface area (Å²) in [4.78, 5) is 27.6. The third kappa shape index (κ3) is 4.04. The summed E-state index contributed by atoms with van der Waals surface area (Å²) >= 11 is 0. The molecule has 2 rings (SSSR count). The second-order valence-corrected chi connectivity index (χ2v) is 5.76. The maximum absolute atomic E-state index is 12.1. The van der Waals surface area contributed by atoms with Gasteiger partial charge >= 0.3 is 5.97 Å². The van der Waals surface area contributed by atoms with Crippen LogP contribution in [0.4, 0.5) is 0 Å². The second kappa shape index (κ2) is 7.02. The molecular weight excluding hydrogens is 280 g/mol.